The Kier molecular flexibility index (Phi) is 8.17. The molecule has 6 heteroatoms. The lowest BCUT2D eigenvalue weighted by Crippen LogP contribution is -2.46. The SMILES string of the molecule is COOCc1ccc(C(OCC(O)CNC(C)(C)Cc2ccc3ccccc3c2)C2CC2)s1. The monoisotopic (exact) mass is 469 g/mol. The highest BCUT2D eigenvalue weighted by Crippen LogP contribution is 2.45. The van der Waals surface area contributed by atoms with E-state index < -0.39 is 6.10 Å². The van der Waals surface area contributed by atoms with Crippen LogP contribution in [0.2, 0.25) is 0 Å². The smallest absolute Gasteiger partial charge is 0.116 e. The van der Waals surface area contributed by atoms with Crippen LogP contribution >= 0.6 is 11.3 Å². The predicted molar refractivity (Wildman–Crippen MR) is 133 cm³/mol. The number of nitrogens with one attached hydrogen (secondary N) is 1. The van der Waals surface area contributed by atoms with Crippen molar-refractivity contribution in [3.05, 3.63) is 69.9 Å². The van der Waals surface area contributed by atoms with Crippen molar-refractivity contribution in [2.45, 2.75) is 57.5 Å². The predicted octanol–water partition coefficient (Wildman–Crippen LogP) is 5.42. The Morgan fingerprint density at radius 3 is 2.64 bits per heavy atom. The van der Waals surface area contributed by atoms with Gasteiger partial charge in [-0.25, -0.2) is 9.78 Å². The van der Waals surface area contributed by atoms with Crippen molar-refractivity contribution in [1.82, 2.24) is 5.32 Å². The van der Waals surface area contributed by atoms with Crippen LogP contribution in [0.25, 0.3) is 10.8 Å². The number of rotatable bonds is 13. The van der Waals surface area contributed by atoms with E-state index in [1.807, 2.05) is 0 Å². The summed E-state index contributed by atoms with van der Waals surface area (Å²) in [6.07, 6.45) is 2.74. The molecule has 5 nitrogen and oxygen atoms in total. The van der Waals surface area contributed by atoms with Gasteiger partial charge in [0.2, 0.25) is 0 Å². The van der Waals surface area contributed by atoms with Crippen molar-refractivity contribution < 1.29 is 19.6 Å². The van der Waals surface area contributed by atoms with Gasteiger partial charge in [-0.3, -0.25) is 0 Å². The summed E-state index contributed by atoms with van der Waals surface area (Å²) in [6.45, 7) is 5.62. The van der Waals surface area contributed by atoms with Crippen LogP contribution in [0.5, 0.6) is 0 Å². The second kappa shape index (κ2) is 11.1. The molecule has 3 aromatic rings. The summed E-state index contributed by atoms with van der Waals surface area (Å²) in [7, 11) is 1.52. The summed E-state index contributed by atoms with van der Waals surface area (Å²) in [5.74, 6) is 0.546. The summed E-state index contributed by atoms with van der Waals surface area (Å²) in [6, 6.07) is 19.2. The first-order valence-corrected chi connectivity index (χ1v) is 12.5. The zero-order valence-corrected chi connectivity index (χ0v) is 20.6. The molecule has 2 N–H and O–H groups in total. The number of hydrogen-bond donors (Lipinski definition) is 2. The summed E-state index contributed by atoms with van der Waals surface area (Å²) in [4.78, 5) is 12.0. The highest BCUT2D eigenvalue weighted by molar-refractivity contribution is 7.12. The molecule has 2 aromatic carbocycles. The van der Waals surface area contributed by atoms with Crippen LogP contribution in [0.4, 0.5) is 0 Å². The Balaban J connectivity index is 1.26. The molecule has 0 amide bonds. The van der Waals surface area contributed by atoms with Gasteiger partial charge in [0.05, 0.1) is 25.9 Å². The largest absolute Gasteiger partial charge is 0.389 e. The van der Waals surface area contributed by atoms with Gasteiger partial charge in [-0.15, -0.1) is 11.3 Å². The Morgan fingerprint density at radius 1 is 1.09 bits per heavy atom. The molecule has 4 rings (SSSR count). The van der Waals surface area contributed by atoms with Crippen LogP contribution in [0.15, 0.2) is 54.6 Å². The molecule has 0 spiro atoms. The molecule has 1 fully saturated rings. The third-order valence-electron chi connectivity index (χ3n) is 6.08. The van der Waals surface area contributed by atoms with Gasteiger partial charge >= 0.3 is 0 Å². The third-order valence-corrected chi connectivity index (χ3v) is 7.20. The lowest BCUT2D eigenvalue weighted by atomic mass is 9.93. The van der Waals surface area contributed by atoms with Crippen LogP contribution in [-0.4, -0.2) is 37.0 Å². The molecular formula is C27H35NO4S. The van der Waals surface area contributed by atoms with Gasteiger partial charge < -0.3 is 15.2 Å². The molecule has 1 heterocycles. The minimum atomic E-state index is -0.557. The Labute approximate surface area is 200 Å². The van der Waals surface area contributed by atoms with Gasteiger partial charge in [0.1, 0.15) is 6.61 Å². The van der Waals surface area contributed by atoms with Gasteiger partial charge in [0.15, 0.2) is 0 Å². The summed E-state index contributed by atoms with van der Waals surface area (Å²) < 4.78 is 6.21. The molecule has 1 aliphatic carbocycles. The molecule has 1 saturated carbocycles. The number of fused-ring (bicyclic) bond motifs is 1. The molecule has 0 saturated heterocycles. The second-order valence-corrected chi connectivity index (χ2v) is 10.8. The number of benzene rings is 2. The zero-order chi connectivity index (χ0) is 23.3. The molecule has 0 bridgehead atoms. The Hall–Kier alpha value is -1.80. The van der Waals surface area contributed by atoms with E-state index in [1.165, 1.54) is 41.2 Å². The normalized spacial score (nSPS) is 16.2. The van der Waals surface area contributed by atoms with Gasteiger partial charge in [0.25, 0.3) is 0 Å². The molecule has 33 heavy (non-hydrogen) atoms. The number of thiophene rings is 1. The van der Waals surface area contributed by atoms with E-state index in [9.17, 15) is 5.11 Å². The van der Waals surface area contributed by atoms with Crippen molar-refractivity contribution in [2.24, 2.45) is 5.92 Å². The van der Waals surface area contributed by atoms with Gasteiger partial charge in [-0.1, -0.05) is 42.5 Å². The fourth-order valence-electron chi connectivity index (χ4n) is 4.18. The summed E-state index contributed by atoms with van der Waals surface area (Å²) >= 11 is 1.69. The van der Waals surface area contributed by atoms with E-state index in [-0.39, 0.29) is 11.6 Å². The molecule has 2 unspecified atom stereocenters. The standard InChI is InChI=1S/C27H35NO4S/c1-27(2,15-19-8-9-20-6-4-5-7-22(20)14-19)28-16-23(29)17-31-26(21-10-11-21)25-13-12-24(33-25)18-32-30-3/h4-9,12-14,21,23,26,28-29H,10-11,15-18H2,1-3H3. The van der Waals surface area contributed by atoms with Gasteiger partial charge in [-0.2, -0.15) is 0 Å². The first-order chi connectivity index (χ1) is 15.9. The molecule has 1 aliphatic rings. The average Bonchev–Trinajstić information content (AvgIpc) is 3.53. The second-order valence-electron chi connectivity index (χ2n) is 9.60. The number of hydrogen-bond acceptors (Lipinski definition) is 6. The maximum atomic E-state index is 10.6. The Bertz CT molecular complexity index is 1030. The molecule has 0 radical (unpaired) electrons. The van der Waals surface area contributed by atoms with E-state index in [0.29, 0.717) is 25.7 Å². The number of ether oxygens (including phenoxy) is 1. The van der Waals surface area contributed by atoms with E-state index in [0.717, 1.165) is 11.3 Å². The molecule has 0 aliphatic heterocycles. The lowest BCUT2D eigenvalue weighted by Gasteiger charge is -2.28. The average molecular weight is 470 g/mol. The highest BCUT2D eigenvalue weighted by Gasteiger charge is 2.34. The lowest BCUT2D eigenvalue weighted by molar-refractivity contribution is -0.281. The number of aliphatic hydroxyl groups is 1. The number of β-amino-alcohol motifs (C(OH)–C–C–N with tert-alkyl or cyclic N) is 1. The van der Waals surface area contributed by atoms with Crippen LogP contribution in [-0.2, 0) is 27.5 Å². The van der Waals surface area contributed by atoms with Gasteiger partial charge in [-0.05, 0) is 67.5 Å². The minimum Gasteiger partial charge on any atom is -0.389 e. The van der Waals surface area contributed by atoms with E-state index >= 15 is 0 Å². The van der Waals surface area contributed by atoms with Gasteiger partial charge in [0, 0.05) is 21.8 Å². The van der Waals surface area contributed by atoms with Crippen molar-refractivity contribution in [3.8, 4) is 0 Å². The minimum absolute atomic E-state index is 0.0477. The quantitative estimate of drug-likeness (QED) is 0.259. The first kappa shape index (κ1) is 24.3. The third kappa shape index (κ3) is 7.09. The van der Waals surface area contributed by atoms with Crippen molar-refractivity contribution in [3.63, 3.8) is 0 Å². The molecule has 178 valence electrons. The van der Waals surface area contributed by atoms with Crippen LogP contribution in [0, 0.1) is 5.92 Å². The molecule has 1 aromatic heterocycles. The summed E-state index contributed by atoms with van der Waals surface area (Å²) in [5.41, 5.74) is 1.15. The van der Waals surface area contributed by atoms with Crippen molar-refractivity contribution in [1.29, 1.82) is 0 Å². The van der Waals surface area contributed by atoms with E-state index in [4.69, 9.17) is 14.5 Å². The van der Waals surface area contributed by atoms with E-state index in [2.05, 4.69) is 73.8 Å². The van der Waals surface area contributed by atoms with Crippen molar-refractivity contribution in [2.75, 3.05) is 20.3 Å². The molecular weight excluding hydrogens is 434 g/mol. The fraction of sp³-hybridized carbons (Fsp3) is 0.481. The van der Waals surface area contributed by atoms with Crippen LogP contribution < -0.4 is 5.32 Å². The number of aliphatic hydroxyl groups excluding tert-OH is 1. The summed E-state index contributed by atoms with van der Waals surface area (Å²) in [5, 5.41) is 16.7. The maximum Gasteiger partial charge on any atom is 0.116 e. The maximum absolute atomic E-state index is 10.6. The molecule has 2 atom stereocenters. The van der Waals surface area contributed by atoms with Crippen LogP contribution in [0.3, 0.4) is 0 Å². The van der Waals surface area contributed by atoms with Crippen molar-refractivity contribution >= 4 is 22.1 Å². The zero-order valence-electron chi connectivity index (χ0n) is 19.8. The highest BCUT2D eigenvalue weighted by atomic mass is 32.1. The van der Waals surface area contributed by atoms with E-state index in [1.54, 1.807) is 11.3 Å². The van der Waals surface area contributed by atoms with Crippen LogP contribution in [0.1, 0.15) is 48.1 Å². The fourth-order valence-corrected chi connectivity index (χ4v) is 5.24. The first-order valence-electron chi connectivity index (χ1n) is 11.7. The Morgan fingerprint density at radius 2 is 1.88 bits per heavy atom. The topological polar surface area (TPSA) is 60.0 Å².